The molecule has 0 amide bonds. The van der Waals surface area contributed by atoms with Crippen molar-refractivity contribution < 1.29 is 38.1 Å². The second-order valence-electron chi connectivity index (χ2n) is 8.14. The molecule has 0 bridgehead atoms. The minimum atomic E-state index is -1.30. The Kier molecular flexibility index (Phi) is 9.25. The summed E-state index contributed by atoms with van der Waals surface area (Å²) in [5.41, 5.74) is 0.577. The van der Waals surface area contributed by atoms with Crippen LogP contribution in [0.15, 0.2) is 72.8 Å². The van der Waals surface area contributed by atoms with Gasteiger partial charge in [0, 0.05) is 22.2 Å². The largest absolute Gasteiger partial charge is 0.452 e. The molecule has 1 aliphatic rings. The van der Waals surface area contributed by atoms with Crippen LogP contribution >= 0.6 is 34.8 Å². The summed E-state index contributed by atoms with van der Waals surface area (Å²) in [6.07, 6.45) is -4.86. The number of esters is 3. The third-order valence-electron chi connectivity index (χ3n) is 5.60. The number of benzene rings is 3. The first-order valence-corrected chi connectivity index (χ1v) is 12.4. The van der Waals surface area contributed by atoms with E-state index in [0.717, 1.165) is 0 Å². The van der Waals surface area contributed by atoms with Gasteiger partial charge in [0.2, 0.25) is 0 Å². The fourth-order valence-corrected chi connectivity index (χ4v) is 4.04. The molecular weight excluding hydrogens is 559 g/mol. The molecule has 4 atom stereocenters. The molecule has 0 saturated carbocycles. The quantitative estimate of drug-likeness (QED) is 0.263. The smallest absolute Gasteiger partial charge is 0.338 e. The van der Waals surface area contributed by atoms with Gasteiger partial charge >= 0.3 is 17.9 Å². The Morgan fingerprint density at radius 2 is 1.00 bits per heavy atom. The number of halogens is 3. The van der Waals surface area contributed by atoms with Crippen LogP contribution in [0.3, 0.4) is 0 Å². The standard InChI is InChI=1S/C27H21Cl3O8/c1-34-27-23(38-26(33)17-6-12-20(30)13-7-17)22(37-25(32)16-4-10-19(29)11-5-16)21(14-35-27)36-24(31)15-2-8-18(28)9-3-15/h2-13,21-23,27H,14H2,1H3/t21-,22+,23-,27+/m1/s1. The number of hydrogen-bond acceptors (Lipinski definition) is 8. The topological polar surface area (TPSA) is 97.4 Å². The molecule has 0 aromatic heterocycles. The third kappa shape index (κ3) is 6.83. The molecule has 38 heavy (non-hydrogen) atoms. The fourth-order valence-electron chi connectivity index (χ4n) is 3.66. The number of carbonyl (C=O) groups excluding carboxylic acids is 3. The summed E-state index contributed by atoms with van der Waals surface area (Å²) in [6.45, 7) is -0.203. The minimum absolute atomic E-state index is 0.181. The van der Waals surface area contributed by atoms with Gasteiger partial charge in [0.15, 0.2) is 24.6 Å². The van der Waals surface area contributed by atoms with Gasteiger partial charge in [-0.15, -0.1) is 0 Å². The van der Waals surface area contributed by atoms with E-state index in [1.807, 2.05) is 0 Å². The summed E-state index contributed by atoms with van der Waals surface area (Å²) in [5.74, 6) is -2.24. The second kappa shape index (κ2) is 12.6. The normalized spacial score (nSPS) is 20.8. The van der Waals surface area contributed by atoms with E-state index in [9.17, 15) is 14.4 Å². The zero-order valence-electron chi connectivity index (χ0n) is 19.8. The molecule has 1 saturated heterocycles. The second-order valence-corrected chi connectivity index (χ2v) is 9.45. The number of carbonyl (C=O) groups is 3. The first kappa shape index (κ1) is 27.9. The maximum atomic E-state index is 13.0. The number of ether oxygens (including phenoxy) is 5. The Labute approximate surface area is 233 Å². The van der Waals surface area contributed by atoms with Gasteiger partial charge in [0.05, 0.1) is 23.3 Å². The van der Waals surface area contributed by atoms with Crippen molar-refractivity contribution in [1.82, 2.24) is 0 Å². The average molecular weight is 580 g/mol. The van der Waals surface area contributed by atoms with Crippen LogP contribution in [0, 0.1) is 0 Å². The Bertz CT molecular complexity index is 1280. The molecule has 0 spiro atoms. The lowest BCUT2D eigenvalue weighted by Crippen LogP contribution is -2.58. The van der Waals surface area contributed by atoms with Crippen molar-refractivity contribution in [2.45, 2.75) is 24.6 Å². The summed E-state index contributed by atoms with van der Waals surface area (Å²) in [5, 5.41) is 1.30. The highest BCUT2D eigenvalue weighted by Gasteiger charge is 2.48. The van der Waals surface area contributed by atoms with Gasteiger partial charge in [-0.25, -0.2) is 14.4 Å². The lowest BCUT2D eigenvalue weighted by molar-refractivity contribution is -0.260. The van der Waals surface area contributed by atoms with Gasteiger partial charge in [0.25, 0.3) is 0 Å². The van der Waals surface area contributed by atoms with Gasteiger partial charge in [-0.05, 0) is 72.8 Å². The van der Waals surface area contributed by atoms with Crippen molar-refractivity contribution in [3.63, 3.8) is 0 Å². The molecule has 1 fully saturated rings. The number of methoxy groups -OCH3 is 1. The van der Waals surface area contributed by atoms with Crippen LogP contribution in [0.1, 0.15) is 31.1 Å². The van der Waals surface area contributed by atoms with Gasteiger partial charge in [-0.1, -0.05) is 34.8 Å². The zero-order valence-corrected chi connectivity index (χ0v) is 22.1. The van der Waals surface area contributed by atoms with Crippen LogP contribution in [0.4, 0.5) is 0 Å². The SMILES string of the molecule is CO[C@H]1OC[C@@H](OC(=O)c2ccc(Cl)cc2)[C@H](OC(=O)c2ccc(Cl)cc2)[C@H]1OC(=O)c1ccc(Cl)cc1. The zero-order chi connectivity index (χ0) is 27.2. The molecule has 8 nitrogen and oxygen atoms in total. The Hall–Kier alpha value is -3.14. The maximum absolute atomic E-state index is 13.0. The Morgan fingerprint density at radius 3 is 1.39 bits per heavy atom. The summed E-state index contributed by atoms with van der Waals surface area (Å²) in [4.78, 5) is 38.9. The van der Waals surface area contributed by atoms with Crippen LogP contribution in [0.2, 0.25) is 15.1 Å². The van der Waals surface area contributed by atoms with Crippen LogP contribution in [0.25, 0.3) is 0 Å². The molecule has 1 heterocycles. The molecule has 3 aromatic rings. The van der Waals surface area contributed by atoms with Gasteiger partial charge in [-0.2, -0.15) is 0 Å². The monoisotopic (exact) mass is 578 g/mol. The van der Waals surface area contributed by atoms with E-state index in [1.165, 1.54) is 79.9 Å². The molecular formula is C27H21Cl3O8. The Morgan fingerprint density at radius 1 is 0.632 bits per heavy atom. The first-order chi connectivity index (χ1) is 18.2. The highest BCUT2D eigenvalue weighted by atomic mass is 35.5. The van der Waals surface area contributed by atoms with E-state index in [4.69, 9.17) is 58.5 Å². The average Bonchev–Trinajstić information content (AvgIpc) is 2.91. The van der Waals surface area contributed by atoms with Crippen LogP contribution in [-0.4, -0.2) is 56.2 Å². The predicted molar refractivity (Wildman–Crippen MR) is 139 cm³/mol. The molecule has 0 unspecified atom stereocenters. The molecule has 0 radical (unpaired) electrons. The van der Waals surface area contributed by atoms with E-state index in [0.29, 0.717) is 15.1 Å². The summed E-state index contributed by atoms with van der Waals surface area (Å²) >= 11 is 17.7. The van der Waals surface area contributed by atoms with Gasteiger partial charge < -0.3 is 23.7 Å². The van der Waals surface area contributed by atoms with E-state index < -0.39 is 42.5 Å². The highest BCUT2D eigenvalue weighted by Crippen LogP contribution is 2.27. The molecule has 0 aliphatic carbocycles. The number of rotatable bonds is 7. The maximum Gasteiger partial charge on any atom is 0.338 e. The minimum Gasteiger partial charge on any atom is -0.452 e. The molecule has 11 heteroatoms. The molecule has 0 N–H and O–H groups in total. The summed E-state index contributed by atoms with van der Waals surface area (Å²) < 4.78 is 28.1. The van der Waals surface area contributed by atoms with Gasteiger partial charge in [-0.3, -0.25) is 0 Å². The van der Waals surface area contributed by atoms with Crippen molar-refractivity contribution in [2.24, 2.45) is 0 Å². The highest BCUT2D eigenvalue weighted by molar-refractivity contribution is 6.31. The lowest BCUT2D eigenvalue weighted by atomic mass is 10.0. The van der Waals surface area contributed by atoms with E-state index in [2.05, 4.69) is 0 Å². The van der Waals surface area contributed by atoms with Crippen molar-refractivity contribution in [3.05, 3.63) is 105 Å². The van der Waals surface area contributed by atoms with Crippen LogP contribution < -0.4 is 0 Å². The molecule has 3 aromatic carbocycles. The fraction of sp³-hybridized carbons (Fsp3) is 0.222. The van der Waals surface area contributed by atoms with Crippen LogP contribution in [0.5, 0.6) is 0 Å². The van der Waals surface area contributed by atoms with Crippen molar-refractivity contribution in [3.8, 4) is 0 Å². The first-order valence-electron chi connectivity index (χ1n) is 11.3. The number of hydrogen-bond donors (Lipinski definition) is 0. The molecule has 1 aliphatic heterocycles. The van der Waals surface area contributed by atoms with Crippen LogP contribution in [-0.2, 0) is 23.7 Å². The van der Waals surface area contributed by atoms with E-state index >= 15 is 0 Å². The molecule has 4 rings (SSSR count). The van der Waals surface area contributed by atoms with Crippen molar-refractivity contribution in [2.75, 3.05) is 13.7 Å². The third-order valence-corrected chi connectivity index (χ3v) is 6.36. The lowest BCUT2D eigenvalue weighted by Gasteiger charge is -2.40. The van der Waals surface area contributed by atoms with E-state index in [1.54, 1.807) is 0 Å². The molecule has 198 valence electrons. The van der Waals surface area contributed by atoms with E-state index in [-0.39, 0.29) is 23.3 Å². The summed E-state index contributed by atoms with van der Waals surface area (Å²) in [6, 6.07) is 18.0. The summed E-state index contributed by atoms with van der Waals surface area (Å²) in [7, 11) is 1.34. The van der Waals surface area contributed by atoms with Crippen molar-refractivity contribution in [1.29, 1.82) is 0 Å². The van der Waals surface area contributed by atoms with Crippen molar-refractivity contribution >= 4 is 52.7 Å². The predicted octanol–water partition coefficient (Wildman–Crippen LogP) is 5.63. The Balaban J connectivity index is 1.62. The van der Waals surface area contributed by atoms with Gasteiger partial charge in [0.1, 0.15) is 0 Å².